The van der Waals surface area contributed by atoms with Crippen LogP contribution in [0.3, 0.4) is 0 Å². The molecule has 0 saturated heterocycles. The number of methoxy groups -OCH3 is 2. The van der Waals surface area contributed by atoms with Crippen molar-refractivity contribution >= 4 is 5.78 Å². The van der Waals surface area contributed by atoms with E-state index in [4.69, 9.17) is 9.47 Å². The van der Waals surface area contributed by atoms with Gasteiger partial charge in [0, 0.05) is 6.42 Å². The van der Waals surface area contributed by atoms with E-state index < -0.39 is 0 Å². The zero-order chi connectivity index (χ0) is 11.4. The summed E-state index contributed by atoms with van der Waals surface area (Å²) in [5.41, 5.74) is 1.95. The smallest absolute Gasteiger partial charge is 0.163 e. The van der Waals surface area contributed by atoms with Gasteiger partial charge >= 0.3 is 0 Å². The Bertz CT molecular complexity index is 369. The van der Waals surface area contributed by atoms with Gasteiger partial charge in [-0.15, -0.1) is 0 Å². The van der Waals surface area contributed by atoms with Gasteiger partial charge in [0.15, 0.2) is 11.5 Å². The average molecular weight is 208 g/mol. The molecule has 3 nitrogen and oxygen atoms in total. The van der Waals surface area contributed by atoms with E-state index in [0.717, 1.165) is 11.1 Å². The van der Waals surface area contributed by atoms with Crippen LogP contribution in [-0.4, -0.2) is 20.0 Å². The van der Waals surface area contributed by atoms with Crippen LogP contribution >= 0.6 is 0 Å². The molecule has 0 N–H and O–H groups in total. The number of hydrogen-bond acceptors (Lipinski definition) is 3. The second-order valence-electron chi connectivity index (χ2n) is 3.46. The summed E-state index contributed by atoms with van der Waals surface area (Å²) >= 11 is 0. The molecule has 1 aromatic rings. The van der Waals surface area contributed by atoms with Gasteiger partial charge in [-0.25, -0.2) is 0 Å². The fourth-order valence-corrected chi connectivity index (χ4v) is 1.58. The second-order valence-corrected chi connectivity index (χ2v) is 3.46. The Hall–Kier alpha value is -1.51. The van der Waals surface area contributed by atoms with Crippen LogP contribution in [0.15, 0.2) is 12.1 Å². The summed E-state index contributed by atoms with van der Waals surface area (Å²) in [5.74, 6) is 1.55. The predicted octanol–water partition coefficient (Wildman–Crippen LogP) is 2.14. The number of carbonyl (C=O) groups excluding carboxylic acids is 1. The van der Waals surface area contributed by atoms with Gasteiger partial charge in [-0.1, -0.05) is 6.07 Å². The van der Waals surface area contributed by atoms with E-state index in [2.05, 4.69) is 0 Å². The van der Waals surface area contributed by atoms with Crippen molar-refractivity contribution in [2.45, 2.75) is 20.3 Å². The van der Waals surface area contributed by atoms with Crippen molar-refractivity contribution in [1.82, 2.24) is 0 Å². The van der Waals surface area contributed by atoms with Crippen molar-refractivity contribution in [1.29, 1.82) is 0 Å². The van der Waals surface area contributed by atoms with Gasteiger partial charge < -0.3 is 9.47 Å². The van der Waals surface area contributed by atoms with E-state index >= 15 is 0 Å². The lowest BCUT2D eigenvalue weighted by Gasteiger charge is -2.13. The Morgan fingerprint density at radius 3 is 2.40 bits per heavy atom. The summed E-state index contributed by atoms with van der Waals surface area (Å²) in [6.45, 7) is 3.51. The van der Waals surface area contributed by atoms with Crippen LogP contribution in [0.1, 0.15) is 18.1 Å². The van der Waals surface area contributed by atoms with E-state index in [-0.39, 0.29) is 5.78 Å². The molecule has 0 radical (unpaired) electrons. The molecule has 1 aromatic carbocycles. The molecule has 0 saturated carbocycles. The van der Waals surface area contributed by atoms with Gasteiger partial charge in [-0.05, 0) is 31.0 Å². The van der Waals surface area contributed by atoms with Gasteiger partial charge in [-0.2, -0.15) is 0 Å². The number of rotatable bonds is 4. The molecule has 0 aliphatic heterocycles. The highest BCUT2D eigenvalue weighted by Crippen LogP contribution is 2.32. The minimum atomic E-state index is 0.144. The third kappa shape index (κ3) is 2.49. The molecular formula is C12H16O3. The maximum Gasteiger partial charge on any atom is 0.163 e. The predicted molar refractivity (Wildman–Crippen MR) is 58.7 cm³/mol. The van der Waals surface area contributed by atoms with Gasteiger partial charge in [0.25, 0.3) is 0 Å². The van der Waals surface area contributed by atoms with Gasteiger partial charge in [0.2, 0.25) is 0 Å². The Labute approximate surface area is 90.0 Å². The number of Topliss-reactive ketones (excluding diaryl/α,β-unsaturated/α-hetero) is 1. The van der Waals surface area contributed by atoms with Crippen LogP contribution in [0.5, 0.6) is 11.5 Å². The molecule has 0 aromatic heterocycles. The number of benzene rings is 1. The topological polar surface area (TPSA) is 35.5 Å². The minimum absolute atomic E-state index is 0.144. The molecule has 82 valence electrons. The minimum Gasteiger partial charge on any atom is -0.493 e. The summed E-state index contributed by atoms with van der Waals surface area (Å²) in [5, 5.41) is 0. The number of ether oxygens (including phenoxy) is 2. The fourth-order valence-electron chi connectivity index (χ4n) is 1.58. The molecule has 0 unspecified atom stereocenters. The van der Waals surface area contributed by atoms with Crippen molar-refractivity contribution in [3.63, 3.8) is 0 Å². The molecule has 0 heterocycles. The van der Waals surface area contributed by atoms with E-state index in [1.807, 2.05) is 19.1 Å². The van der Waals surface area contributed by atoms with Crippen LogP contribution in [-0.2, 0) is 11.2 Å². The van der Waals surface area contributed by atoms with Crippen LogP contribution in [0.2, 0.25) is 0 Å². The molecule has 0 fully saturated rings. The normalized spacial score (nSPS) is 9.87. The van der Waals surface area contributed by atoms with Gasteiger partial charge in [0.1, 0.15) is 5.78 Å². The molecule has 15 heavy (non-hydrogen) atoms. The van der Waals surface area contributed by atoms with Crippen LogP contribution in [0.4, 0.5) is 0 Å². The zero-order valence-corrected chi connectivity index (χ0v) is 9.59. The first-order chi connectivity index (χ1) is 7.10. The first kappa shape index (κ1) is 11.6. The quantitative estimate of drug-likeness (QED) is 0.760. The van der Waals surface area contributed by atoms with E-state index in [9.17, 15) is 4.79 Å². The standard InChI is InChI=1S/C12H16O3/c1-8(13)7-10-5-6-11(14-3)12(15-4)9(10)2/h5-6H,7H2,1-4H3. The second kappa shape index (κ2) is 4.82. The maximum atomic E-state index is 11.0. The number of ketones is 1. The average Bonchev–Trinajstić information content (AvgIpc) is 2.20. The molecule has 0 spiro atoms. The summed E-state index contributed by atoms with van der Waals surface area (Å²) in [4.78, 5) is 11.0. The number of hydrogen-bond donors (Lipinski definition) is 0. The maximum absolute atomic E-state index is 11.0. The van der Waals surface area contributed by atoms with Crippen molar-refractivity contribution < 1.29 is 14.3 Å². The lowest BCUT2D eigenvalue weighted by molar-refractivity contribution is -0.116. The van der Waals surface area contributed by atoms with Crippen molar-refractivity contribution in [3.8, 4) is 11.5 Å². The largest absolute Gasteiger partial charge is 0.493 e. The van der Waals surface area contributed by atoms with Crippen molar-refractivity contribution in [2.75, 3.05) is 14.2 Å². The molecule has 1 rings (SSSR count). The molecule has 0 atom stereocenters. The first-order valence-corrected chi connectivity index (χ1v) is 4.80. The third-order valence-electron chi connectivity index (χ3n) is 2.35. The Morgan fingerprint density at radius 2 is 1.93 bits per heavy atom. The SMILES string of the molecule is COc1ccc(CC(C)=O)c(C)c1OC. The molecular weight excluding hydrogens is 192 g/mol. The number of carbonyl (C=O) groups is 1. The highest BCUT2D eigenvalue weighted by atomic mass is 16.5. The molecule has 0 bridgehead atoms. The Morgan fingerprint density at radius 1 is 1.27 bits per heavy atom. The van der Waals surface area contributed by atoms with Crippen LogP contribution < -0.4 is 9.47 Å². The van der Waals surface area contributed by atoms with Gasteiger partial charge in [-0.3, -0.25) is 4.79 Å². The fraction of sp³-hybridized carbons (Fsp3) is 0.417. The van der Waals surface area contributed by atoms with E-state index in [1.54, 1.807) is 21.1 Å². The molecule has 3 heteroatoms. The highest BCUT2D eigenvalue weighted by molar-refractivity contribution is 5.79. The summed E-state index contributed by atoms with van der Waals surface area (Å²) in [6.07, 6.45) is 0.437. The zero-order valence-electron chi connectivity index (χ0n) is 9.59. The highest BCUT2D eigenvalue weighted by Gasteiger charge is 2.11. The summed E-state index contributed by atoms with van der Waals surface area (Å²) < 4.78 is 10.4. The Kier molecular flexibility index (Phi) is 3.72. The van der Waals surface area contributed by atoms with E-state index in [0.29, 0.717) is 17.9 Å². The van der Waals surface area contributed by atoms with Crippen LogP contribution in [0, 0.1) is 6.92 Å². The lowest BCUT2D eigenvalue weighted by Crippen LogP contribution is -2.01. The summed E-state index contributed by atoms with van der Waals surface area (Å²) in [6, 6.07) is 3.72. The monoisotopic (exact) mass is 208 g/mol. The van der Waals surface area contributed by atoms with Crippen molar-refractivity contribution in [2.24, 2.45) is 0 Å². The van der Waals surface area contributed by atoms with E-state index in [1.165, 1.54) is 0 Å². The summed E-state index contributed by atoms with van der Waals surface area (Å²) in [7, 11) is 3.20. The molecule has 0 aliphatic carbocycles. The molecule has 0 aliphatic rings. The van der Waals surface area contributed by atoms with Gasteiger partial charge in [0.05, 0.1) is 14.2 Å². The molecule has 0 amide bonds. The van der Waals surface area contributed by atoms with Crippen LogP contribution in [0.25, 0.3) is 0 Å². The Balaban J connectivity index is 3.16. The first-order valence-electron chi connectivity index (χ1n) is 4.80. The third-order valence-corrected chi connectivity index (χ3v) is 2.35. The van der Waals surface area contributed by atoms with Crippen molar-refractivity contribution in [3.05, 3.63) is 23.3 Å². The lowest BCUT2D eigenvalue weighted by atomic mass is 10.0.